The summed E-state index contributed by atoms with van der Waals surface area (Å²) >= 11 is 0. The zero-order chi connectivity index (χ0) is 14.8. The Morgan fingerprint density at radius 1 is 1.00 bits per heavy atom. The maximum Gasteiger partial charge on any atom is 0.182 e. The van der Waals surface area contributed by atoms with Crippen LogP contribution in [0.5, 0.6) is 0 Å². The van der Waals surface area contributed by atoms with Crippen molar-refractivity contribution in [3.8, 4) is 0 Å². The molecule has 0 atom stereocenters. The summed E-state index contributed by atoms with van der Waals surface area (Å²) < 4.78 is 50.8. The van der Waals surface area contributed by atoms with Gasteiger partial charge < -0.3 is 5.73 Å². The predicted octanol–water partition coefficient (Wildman–Crippen LogP) is 2.40. The van der Waals surface area contributed by atoms with Crippen LogP contribution in [0.1, 0.15) is 11.1 Å². The smallest absolute Gasteiger partial charge is 0.182 e. The zero-order valence-corrected chi connectivity index (χ0v) is 11.3. The van der Waals surface area contributed by atoms with Crippen LogP contribution in [0.2, 0.25) is 0 Å². The van der Waals surface area contributed by atoms with E-state index in [9.17, 15) is 17.2 Å². The Hall–Kier alpha value is -1.79. The van der Waals surface area contributed by atoms with Gasteiger partial charge in [0.15, 0.2) is 9.84 Å². The number of sulfone groups is 1. The normalized spacial score (nSPS) is 11.6. The summed E-state index contributed by atoms with van der Waals surface area (Å²) in [4.78, 5) is -0.0406. The number of hydrogen-bond donors (Lipinski definition) is 1. The van der Waals surface area contributed by atoms with Crippen LogP contribution >= 0.6 is 0 Å². The fraction of sp³-hybridized carbons (Fsp3) is 0.143. The maximum atomic E-state index is 13.8. The van der Waals surface area contributed by atoms with Gasteiger partial charge in [0.2, 0.25) is 0 Å². The van der Waals surface area contributed by atoms with Gasteiger partial charge in [-0.3, -0.25) is 0 Å². The van der Waals surface area contributed by atoms with Crippen molar-refractivity contribution in [1.82, 2.24) is 0 Å². The summed E-state index contributed by atoms with van der Waals surface area (Å²) in [5.74, 6) is -1.61. The molecule has 2 N–H and O–H groups in total. The number of rotatable bonds is 4. The SMILES string of the molecule is NCc1ccc(CS(=O)(=O)c2ccc(F)cc2)c(F)c1. The zero-order valence-electron chi connectivity index (χ0n) is 10.5. The van der Waals surface area contributed by atoms with Gasteiger partial charge in [-0.15, -0.1) is 0 Å². The third-order valence-corrected chi connectivity index (χ3v) is 4.55. The highest BCUT2D eigenvalue weighted by molar-refractivity contribution is 7.90. The summed E-state index contributed by atoms with van der Waals surface area (Å²) in [5.41, 5.74) is 6.03. The minimum atomic E-state index is -3.71. The third kappa shape index (κ3) is 3.20. The molecule has 2 rings (SSSR count). The lowest BCUT2D eigenvalue weighted by Crippen LogP contribution is -2.07. The molecule has 0 saturated carbocycles. The fourth-order valence-corrected chi connectivity index (χ4v) is 3.13. The standard InChI is InChI=1S/C14H13F2NO2S/c15-12-3-5-13(6-4-12)20(18,19)9-11-2-1-10(8-17)7-14(11)16/h1-7H,8-9,17H2. The third-order valence-electron chi connectivity index (χ3n) is 2.87. The van der Waals surface area contributed by atoms with Gasteiger partial charge in [-0.2, -0.15) is 0 Å². The molecule has 0 bridgehead atoms. The van der Waals surface area contributed by atoms with E-state index in [0.29, 0.717) is 5.56 Å². The molecule has 0 fully saturated rings. The molecule has 6 heteroatoms. The van der Waals surface area contributed by atoms with Crippen molar-refractivity contribution in [3.63, 3.8) is 0 Å². The fourth-order valence-electron chi connectivity index (χ4n) is 1.76. The van der Waals surface area contributed by atoms with E-state index < -0.39 is 27.2 Å². The van der Waals surface area contributed by atoms with Crippen LogP contribution in [0.4, 0.5) is 8.78 Å². The van der Waals surface area contributed by atoms with Crippen LogP contribution in [0.25, 0.3) is 0 Å². The molecule has 0 heterocycles. The van der Waals surface area contributed by atoms with Gasteiger partial charge in [-0.25, -0.2) is 17.2 Å². The molecule has 0 aliphatic carbocycles. The Morgan fingerprint density at radius 2 is 1.65 bits per heavy atom. The Balaban J connectivity index is 2.31. The molecule has 0 amide bonds. The van der Waals surface area contributed by atoms with Crippen molar-refractivity contribution < 1.29 is 17.2 Å². The first-order valence-corrected chi connectivity index (χ1v) is 7.53. The quantitative estimate of drug-likeness (QED) is 0.882. The van der Waals surface area contributed by atoms with Crippen molar-refractivity contribution >= 4 is 9.84 Å². The van der Waals surface area contributed by atoms with Crippen LogP contribution in [-0.2, 0) is 22.1 Å². The lowest BCUT2D eigenvalue weighted by Gasteiger charge is -2.07. The van der Waals surface area contributed by atoms with E-state index in [4.69, 9.17) is 5.73 Å². The highest BCUT2D eigenvalue weighted by atomic mass is 32.2. The molecule has 20 heavy (non-hydrogen) atoms. The number of halogens is 2. The average Bonchev–Trinajstić information content (AvgIpc) is 2.41. The molecular weight excluding hydrogens is 284 g/mol. The van der Waals surface area contributed by atoms with Crippen LogP contribution in [0.15, 0.2) is 47.4 Å². The van der Waals surface area contributed by atoms with E-state index in [1.807, 2.05) is 0 Å². The number of hydrogen-bond acceptors (Lipinski definition) is 3. The molecule has 0 spiro atoms. The minimum absolute atomic E-state index is 0.0406. The van der Waals surface area contributed by atoms with Crippen LogP contribution < -0.4 is 5.73 Å². The van der Waals surface area contributed by atoms with E-state index in [2.05, 4.69) is 0 Å². The summed E-state index contributed by atoms with van der Waals surface area (Å²) in [6.45, 7) is 0.182. The molecule has 0 unspecified atom stereocenters. The molecule has 0 aliphatic heterocycles. The molecule has 2 aromatic carbocycles. The molecule has 3 nitrogen and oxygen atoms in total. The van der Waals surface area contributed by atoms with E-state index in [0.717, 1.165) is 24.3 Å². The van der Waals surface area contributed by atoms with Gasteiger partial charge in [-0.1, -0.05) is 12.1 Å². The van der Waals surface area contributed by atoms with E-state index >= 15 is 0 Å². The van der Waals surface area contributed by atoms with Gasteiger partial charge in [0.05, 0.1) is 10.6 Å². The van der Waals surface area contributed by atoms with Crippen molar-refractivity contribution in [3.05, 3.63) is 65.2 Å². The van der Waals surface area contributed by atoms with Crippen LogP contribution in [-0.4, -0.2) is 8.42 Å². The molecule has 106 valence electrons. The Bertz CT molecular complexity index is 712. The molecular formula is C14H13F2NO2S. The highest BCUT2D eigenvalue weighted by Crippen LogP contribution is 2.19. The Labute approximate surface area is 116 Å². The molecule has 0 radical (unpaired) electrons. The monoisotopic (exact) mass is 297 g/mol. The van der Waals surface area contributed by atoms with Crippen LogP contribution in [0, 0.1) is 11.6 Å². The lowest BCUT2D eigenvalue weighted by atomic mass is 10.1. The van der Waals surface area contributed by atoms with Gasteiger partial charge in [-0.05, 0) is 35.9 Å². The predicted molar refractivity (Wildman–Crippen MR) is 71.6 cm³/mol. The number of benzene rings is 2. The van der Waals surface area contributed by atoms with E-state index in [1.54, 1.807) is 6.07 Å². The summed E-state index contributed by atoms with van der Waals surface area (Å²) in [6.07, 6.45) is 0. The average molecular weight is 297 g/mol. The Kier molecular flexibility index (Phi) is 4.15. The van der Waals surface area contributed by atoms with Gasteiger partial charge in [0.25, 0.3) is 0 Å². The second kappa shape index (κ2) is 5.68. The Morgan fingerprint density at radius 3 is 2.20 bits per heavy atom. The first kappa shape index (κ1) is 14.6. The van der Waals surface area contributed by atoms with Crippen molar-refractivity contribution in [2.45, 2.75) is 17.2 Å². The van der Waals surface area contributed by atoms with Crippen LogP contribution in [0.3, 0.4) is 0 Å². The van der Waals surface area contributed by atoms with Gasteiger partial charge in [0.1, 0.15) is 11.6 Å². The summed E-state index contributed by atoms with van der Waals surface area (Å²) in [7, 11) is -3.71. The first-order valence-electron chi connectivity index (χ1n) is 5.88. The summed E-state index contributed by atoms with van der Waals surface area (Å²) in [5, 5.41) is 0. The second-order valence-electron chi connectivity index (χ2n) is 4.34. The van der Waals surface area contributed by atoms with Crippen molar-refractivity contribution in [1.29, 1.82) is 0 Å². The number of nitrogens with two attached hydrogens (primary N) is 1. The highest BCUT2D eigenvalue weighted by Gasteiger charge is 2.17. The van der Waals surface area contributed by atoms with E-state index in [-0.39, 0.29) is 17.0 Å². The van der Waals surface area contributed by atoms with E-state index in [1.165, 1.54) is 12.1 Å². The molecule has 2 aromatic rings. The second-order valence-corrected chi connectivity index (χ2v) is 6.33. The molecule has 0 saturated heterocycles. The maximum absolute atomic E-state index is 13.8. The van der Waals surface area contributed by atoms with Gasteiger partial charge >= 0.3 is 0 Å². The minimum Gasteiger partial charge on any atom is -0.326 e. The molecule has 0 aromatic heterocycles. The van der Waals surface area contributed by atoms with Gasteiger partial charge in [0, 0.05) is 12.1 Å². The van der Waals surface area contributed by atoms with Crippen molar-refractivity contribution in [2.75, 3.05) is 0 Å². The lowest BCUT2D eigenvalue weighted by molar-refractivity contribution is 0.585. The topological polar surface area (TPSA) is 60.2 Å². The first-order chi connectivity index (χ1) is 9.42. The van der Waals surface area contributed by atoms with Crippen molar-refractivity contribution in [2.24, 2.45) is 5.73 Å². The largest absolute Gasteiger partial charge is 0.326 e. The summed E-state index contributed by atoms with van der Waals surface area (Å²) in [6, 6.07) is 8.64. The molecule has 0 aliphatic rings.